The molecule has 0 aromatic heterocycles. The Kier molecular flexibility index (Phi) is 17.1. The van der Waals surface area contributed by atoms with E-state index in [2.05, 4.69) is 42.5 Å². The number of ether oxygens (including phenoxy) is 2. The van der Waals surface area contributed by atoms with Crippen molar-refractivity contribution < 1.29 is 48.5 Å². The third-order valence-corrected chi connectivity index (χ3v) is 6.91. The molecule has 0 bridgehead atoms. The van der Waals surface area contributed by atoms with E-state index in [4.69, 9.17) is 19.7 Å². The van der Waals surface area contributed by atoms with Crippen LogP contribution in [0, 0.1) is 21.7 Å². The fourth-order valence-electron chi connectivity index (χ4n) is 3.75. The van der Waals surface area contributed by atoms with Gasteiger partial charge in [0.15, 0.2) is 0 Å². The quantitative estimate of drug-likeness (QED) is 0.118. The number of carboxylic acid groups (broad SMARTS) is 2. The molecule has 0 heterocycles. The first-order chi connectivity index (χ1) is 20.0. The summed E-state index contributed by atoms with van der Waals surface area (Å²) in [5.41, 5.74) is -2.53. The van der Waals surface area contributed by atoms with Gasteiger partial charge in [-0.25, -0.2) is 9.59 Å². The first-order valence-corrected chi connectivity index (χ1v) is 16.1. The predicted molar refractivity (Wildman–Crippen MR) is 169 cm³/mol. The molecule has 0 atom stereocenters. The number of carboxylic acids is 2. The molecule has 0 saturated heterocycles. The van der Waals surface area contributed by atoms with Gasteiger partial charge in [0.05, 0.1) is 49.9 Å². The molecule has 4 N–H and O–H groups in total. The molecule has 16 heteroatoms. The van der Waals surface area contributed by atoms with Gasteiger partial charge in [-0.2, -0.15) is 10.0 Å². The van der Waals surface area contributed by atoms with Gasteiger partial charge in [0.2, 0.25) is 0 Å². The van der Waals surface area contributed by atoms with Crippen LogP contribution in [0.1, 0.15) is 68.2 Å². The summed E-state index contributed by atoms with van der Waals surface area (Å²) in [6.45, 7) is 14.8. The number of carbonyl (C=O) groups excluding carboxylic acids is 4. The van der Waals surface area contributed by atoms with E-state index < -0.39 is 57.5 Å². The van der Waals surface area contributed by atoms with Crippen LogP contribution in [-0.4, -0.2) is 106 Å². The number of urea groups is 2. The standard InChI is InChI=1S/C28H48Br2N4O10/c1-25(2,9-21(37)38)15-43-17-27(5,6)13-31-23(41)33(19(35)11-29)34(20(36)12-30)24(42)32-14-28(7,8)18-44-16-26(3,4)10-22(39)40/h9-18H2,1-8H3,(H,31,41)(H,32,42)(H,37,38)(H,39,40). The van der Waals surface area contributed by atoms with E-state index >= 15 is 0 Å². The van der Waals surface area contributed by atoms with E-state index in [-0.39, 0.29) is 63.0 Å². The number of halogens is 2. The number of imide groups is 2. The van der Waals surface area contributed by atoms with Crippen molar-refractivity contribution in [2.45, 2.75) is 68.2 Å². The van der Waals surface area contributed by atoms with Gasteiger partial charge in [0.25, 0.3) is 11.8 Å². The Balaban J connectivity index is 5.51. The maximum absolute atomic E-state index is 13.2. The zero-order valence-corrected chi connectivity index (χ0v) is 30.1. The topological polar surface area (TPSA) is 192 Å². The minimum Gasteiger partial charge on any atom is -0.481 e. The molecule has 0 saturated carbocycles. The zero-order chi connectivity index (χ0) is 34.5. The summed E-state index contributed by atoms with van der Waals surface area (Å²) in [7, 11) is 0. The molecule has 0 aliphatic rings. The number of hydrazine groups is 1. The molecule has 0 aromatic rings. The minimum atomic E-state index is -1.01. The van der Waals surface area contributed by atoms with Crippen molar-refractivity contribution in [1.82, 2.24) is 20.7 Å². The highest BCUT2D eigenvalue weighted by atomic mass is 79.9. The molecule has 0 unspecified atom stereocenters. The molecular weight excluding hydrogens is 712 g/mol. The molecule has 0 aliphatic carbocycles. The molecule has 0 aromatic carbocycles. The maximum Gasteiger partial charge on any atom is 0.344 e. The second-order valence-electron chi connectivity index (χ2n) is 13.8. The van der Waals surface area contributed by atoms with Crippen LogP contribution in [0.25, 0.3) is 0 Å². The summed E-state index contributed by atoms with van der Waals surface area (Å²) < 4.78 is 11.4. The lowest BCUT2D eigenvalue weighted by Gasteiger charge is -2.34. The van der Waals surface area contributed by atoms with Crippen LogP contribution in [0.15, 0.2) is 0 Å². The van der Waals surface area contributed by atoms with Crippen molar-refractivity contribution >= 4 is 67.7 Å². The van der Waals surface area contributed by atoms with Crippen molar-refractivity contribution in [3.05, 3.63) is 0 Å². The second-order valence-corrected chi connectivity index (χ2v) is 14.9. The van der Waals surface area contributed by atoms with E-state index in [1.165, 1.54) is 0 Å². The average Bonchev–Trinajstić information content (AvgIpc) is 2.86. The van der Waals surface area contributed by atoms with E-state index in [0.29, 0.717) is 10.0 Å². The number of rotatable bonds is 18. The Bertz CT molecular complexity index is 954. The van der Waals surface area contributed by atoms with Crippen LogP contribution in [0.2, 0.25) is 0 Å². The lowest BCUT2D eigenvalue weighted by molar-refractivity contribution is -0.148. The number of hydrogen-bond acceptors (Lipinski definition) is 8. The SMILES string of the molecule is CC(C)(CNC(=O)N(C(=O)CBr)N(C(=O)CBr)C(=O)NCC(C)(C)COCC(C)(C)CC(=O)O)COCC(C)(C)CC(=O)O. The summed E-state index contributed by atoms with van der Waals surface area (Å²) in [5.74, 6) is -3.64. The monoisotopic (exact) mass is 758 g/mol. The third kappa shape index (κ3) is 16.7. The van der Waals surface area contributed by atoms with Gasteiger partial charge in [-0.1, -0.05) is 87.2 Å². The predicted octanol–water partition coefficient (Wildman–Crippen LogP) is 3.86. The summed E-state index contributed by atoms with van der Waals surface area (Å²) in [6.07, 6.45) is -0.162. The van der Waals surface area contributed by atoms with Crippen molar-refractivity contribution in [3.63, 3.8) is 0 Å². The molecule has 44 heavy (non-hydrogen) atoms. The summed E-state index contributed by atoms with van der Waals surface area (Å²) in [5, 5.41) is 23.4. The molecule has 0 radical (unpaired) electrons. The van der Waals surface area contributed by atoms with Crippen LogP contribution < -0.4 is 10.6 Å². The lowest BCUT2D eigenvalue weighted by atomic mass is 9.90. The van der Waals surface area contributed by atoms with Crippen molar-refractivity contribution in [2.24, 2.45) is 21.7 Å². The number of alkyl halides is 2. The van der Waals surface area contributed by atoms with Crippen molar-refractivity contribution in [3.8, 4) is 0 Å². The van der Waals surface area contributed by atoms with E-state index in [1.54, 1.807) is 55.4 Å². The molecule has 6 amide bonds. The van der Waals surface area contributed by atoms with Gasteiger partial charge in [-0.3, -0.25) is 19.2 Å². The van der Waals surface area contributed by atoms with E-state index in [0.717, 1.165) is 0 Å². The molecule has 14 nitrogen and oxygen atoms in total. The zero-order valence-electron chi connectivity index (χ0n) is 26.9. The molecule has 0 spiro atoms. The highest BCUT2D eigenvalue weighted by molar-refractivity contribution is 9.09. The van der Waals surface area contributed by atoms with E-state index in [1.807, 2.05) is 0 Å². The second kappa shape index (κ2) is 18.0. The summed E-state index contributed by atoms with van der Waals surface area (Å²) in [6, 6.07) is -2.03. The lowest BCUT2D eigenvalue weighted by Crippen LogP contribution is -2.62. The normalized spacial score (nSPS) is 12.3. The average molecular weight is 761 g/mol. The molecular formula is C28H48Br2N4O10. The summed E-state index contributed by atoms with van der Waals surface area (Å²) >= 11 is 5.99. The van der Waals surface area contributed by atoms with Gasteiger partial charge >= 0.3 is 24.0 Å². The number of nitrogens with one attached hydrogen (secondary N) is 2. The Morgan fingerprint density at radius 2 is 0.841 bits per heavy atom. The first kappa shape index (κ1) is 41.7. The van der Waals surface area contributed by atoms with Gasteiger partial charge in [0.1, 0.15) is 0 Å². The number of carbonyl (C=O) groups is 6. The van der Waals surface area contributed by atoms with Crippen LogP contribution in [0.3, 0.4) is 0 Å². The molecule has 0 aliphatic heterocycles. The fraction of sp³-hybridized carbons (Fsp3) is 0.786. The summed E-state index contributed by atoms with van der Waals surface area (Å²) in [4.78, 5) is 74.2. The highest BCUT2D eigenvalue weighted by Gasteiger charge is 2.37. The van der Waals surface area contributed by atoms with Crippen molar-refractivity contribution in [2.75, 3.05) is 50.2 Å². The Morgan fingerprint density at radius 3 is 1.09 bits per heavy atom. The van der Waals surface area contributed by atoms with Crippen LogP contribution >= 0.6 is 31.9 Å². The third-order valence-electron chi connectivity index (χ3n) is 5.95. The van der Waals surface area contributed by atoms with Crippen LogP contribution in [-0.2, 0) is 28.7 Å². The van der Waals surface area contributed by atoms with Crippen LogP contribution in [0.4, 0.5) is 9.59 Å². The number of hydrogen-bond donors (Lipinski definition) is 4. The Labute approximate surface area is 276 Å². The first-order valence-electron chi connectivity index (χ1n) is 13.9. The molecule has 254 valence electrons. The molecule has 0 fully saturated rings. The fourth-order valence-corrected chi connectivity index (χ4v) is 4.23. The number of nitrogens with zero attached hydrogens (tertiary/aromatic N) is 2. The van der Waals surface area contributed by atoms with Crippen LogP contribution in [0.5, 0.6) is 0 Å². The smallest absolute Gasteiger partial charge is 0.344 e. The largest absolute Gasteiger partial charge is 0.481 e. The number of amides is 6. The van der Waals surface area contributed by atoms with Gasteiger partial charge < -0.3 is 30.3 Å². The highest BCUT2D eigenvalue weighted by Crippen LogP contribution is 2.24. The Hall–Kier alpha value is -2.30. The molecule has 0 rings (SSSR count). The van der Waals surface area contributed by atoms with Gasteiger partial charge in [0, 0.05) is 23.9 Å². The number of aliphatic carboxylic acids is 2. The Morgan fingerprint density at radius 1 is 0.568 bits per heavy atom. The van der Waals surface area contributed by atoms with Gasteiger partial charge in [-0.15, -0.1) is 0 Å². The van der Waals surface area contributed by atoms with Crippen molar-refractivity contribution in [1.29, 1.82) is 0 Å². The van der Waals surface area contributed by atoms with E-state index in [9.17, 15) is 28.8 Å². The maximum atomic E-state index is 13.2. The minimum absolute atomic E-state index is 0.00217. The van der Waals surface area contributed by atoms with Gasteiger partial charge in [-0.05, 0) is 10.8 Å².